The number of fused-ring (bicyclic) bond motifs is 1. The fourth-order valence-electron chi connectivity index (χ4n) is 2.80. The summed E-state index contributed by atoms with van der Waals surface area (Å²) in [4.78, 5) is 4.49. The van der Waals surface area contributed by atoms with Gasteiger partial charge in [-0.05, 0) is 30.9 Å². The molecule has 1 aliphatic rings. The standard InChI is InChI=1S/C15H17F2NOS/c16-15(17)7-5-10(6-8-15)12(19)9-14-18-11-3-1-2-4-13(11)20-14/h1-4,10,12,19H,5-9H2. The first-order valence-electron chi connectivity index (χ1n) is 6.94. The molecular formula is C15H17F2NOS. The van der Waals surface area contributed by atoms with Crippen molar-refractivity contribution >= 4 is 21.6 Å². The first-order chi connectivity index (χ1) is 9.53. The van der Waals surface area contributed by atoms with Gasteiger partial charge >= 0.3 is 0 Å². The molecule has 1 aromatic carbocycles. The van der Waals surface area contributed by atoms with Crippen LogP contribution in [0, 0.1) is 5.92 Å². The number of aliphatic hydroxyl groups excluding tert-OH is 1. The Hall–Kier alpha value is -1.07. The number of benzene rings is 1. The number of para-hydroxylation sites is 1. The lowest BCUT2D eigenvalue weighted by Gasteiger charge is -2.30. The maximum Gasteiger partial charge on any atom is 0.248 e. The van der Waals surface area contributed by atoms with E-state index in [0.717, 1.165) is 15.2 Å². The topological polar surface area (TPSA) is 33.1 Å². The van der Waals surface area contributed by atoms with Gasteiger partial charge in [0.25, 0.3) is 0 Å². The number of halogens is 2. The molecule has 20 heavy (non-hydrogen) atoms. The minimum Gasteiger partial charge on any atom is -0.392 e. The van der Waals surface area contributed by atoms with Gasteiger partial charge in [0.1, 0.15) is 0 Å². The van der Waals surface area contributed by atoms with Crippen molar-refractivity contribution in [3.8, 4) is 0 Å². The molecule has 3 rings (SSSR count). The second-order valence-corrected chi connectivity index (χ2v) is 6.66. The van der Waals surface area contributed by atoms with Crippen LogP contribution in [0.2, 0.25) is 0 Å². The van der Waals surface area contributed by atoms with E-state index >= 15 is 0 Å². The van der Waals surface area contributed by atoms with E-state index in [1.807, 2.05) is 24.3 Å². The molecule has 1 atom stereocenters. The highest BCUT2D eigenvalue weighted by atomic mass is 32.1. The van der Waals surface area contributed by atoms with E-state index in [1.54, 1.807) is 11.3 Å². The molecule has 0 spiro atoms. The molecule has 1 unspecified atom stereocenters. The molecule has 1 N–H and O–H groups in total. The van der Waals surface area contributed by atoms with Crippen molar-refractivity contribution in [1.82, 2.24) is 4.98 Å². The smallest absolute Gasteiger partial charge is 0.248 e. The summed E-state index contributed by atoms with van der Waals surface area (Å²) in [7, 11) is 0. The van der Waals surface area contributed by atoms with Crippen LogP contribution in [0.5, 0.6) is 0 Å². The number of hydrogen-bond donors (Lipinski definition) is 1. The van der Waals surface area contributed by atoms with Crippen LogP contribution in [0.1, 0.15) is 30.7 Å². The Morgan fingerprint density at radius 2 is 2.00 bits per heavy atom. The largest absolute Gasteiger partial charge is 0.392 e. The van der Waals surface area contributed by atoms with E-state index in [9.17, 15) is 13.9 Å². The summed E-state index contributed by atoms with van der Waals surface area (Å²) in [6.45, 7) is 0. The summed E-state index contributed by atoms with van der Waals surface area (Å²) in [5, 5.41) is 11.1. The zero-order valence-electron chi connectivity index (χ0n) is 11.1. The van der Waals surface area contributed by atoms with Crippen molar-refractivity contribution < 1.29 is 13.9 Å². The molecule has 1 saturated carbocycles. The molecule has 1 aromatic heterocycles. The number of hydrogen-bond acceptors (Lipinski definition) is 3. The second kappa shape index (κ2) is 5.37. The molecule has 5 heteroatoms. The zero-order chi connectivity index (χ0) is 14.2. The van der Waals surface area contributed by atoms with Gasteiger partial charge in [-0.1, -0.05) is 12.1 Å². The molecule has 0 amide bonds. The van der Waals surface area contributed by atoms with Crippen LogP contribution >= 0.6 is 11.3 Å². The minimum atomic E-state index is -2.54. The quantitative estimate of drug-likeness (QED) is 0.928. The maximum absolute atomic E-state index is 13.1. The lowest BCUT2D eigenvalue weighted by molar-refractivity contribution is -0.0619. The Morgan fingerprint density at radius 1 is 1.30 bits per heavy atom. The molecule has 108 valence electrons. The zero-order valence-corrected chi connectivity index (χ0v) is 11.9. The Morgan fingerprint density at radius 3 is 2.70 bits per heavy atom. The number of aromatic nitrogens is 1. The highest BCUT2D eigenvalue weighted by molar-refractivity contribution is 7.18. The van der Waals surface area contributed by atoms with Crippen molar-refractivity contribution in [1.29, 1.82) is 0 Å². The molecule has 2 nitrogen and oxygen atoms in total. The van der Waals surface area contributed by atoms with Crippen LogP contribution in [-0.4, -0.2) is 22.1 Å². The third-order valence-corrected chi connectivity index (χ3v) is 5.09. The Kier molecular flexibility index (Phi) is 3.73. The van der Waals surface area contributed by atoms with Crippen LogP contribution in [0.3, 0.4) is 0 Å². The van der Waals surface area contributed by atoms with Crippen LogP contribution in [0.15, 0.2) is 24.3 Å². The van der Waals surface area contributed by atoms with Crippen molar-refractivity contribution in [2.24, 2.45) is 5.92 Å². The first-order valence-corrected chi connectivity index (χ1v) is 7.75. The molecule has 1 aliphatic carbocycles. The molecule has 2 aromatic rings. The summed E-state index contributed by atoms with van der Waals surface area (Å²) in [6.07, 6.45) is 0.503. The number of nitrogens with zero attached hydrogens (tertiary/aromatic N) is 1. The summed E-state index contributed by atoms with van der Waals surface area (Å²) >= 11 is 1.57. The predicted octanol–water partition coefficient (Wildman–Crippen LogP) is 4.03. The summed E-state index contributed by atoms with van der Waals surface area (Å²) in [5.74, 6) is -2.56. The third-order valence-electron chi connectivity index (χ3n) is 4.03. The fraction of sp³-hybridized carbons (Fsp3) is 0.533. The third kappa shape index (κ3) is 2.99. The summed E-state index contributed by atoms with van der Waals surface area (Å²) in [6, 6.07) is 7.85. The fourth-order valence-corrected chi connectivity index (χ4v) is 3.82. The molecule has 1 fully saturated rings. The van der Waals surface area contributed by atoms with Gasteiger partial charge in [-0.25, -0.2) is 13.8 Å². The van der Waals surface area contributed by atoms with Gasteiger partial charge in [0, 0.05) is 19.3 Å². The van der Waals surface area contributed by atoms with Crippen LogP contribution < -0.4 is 0 Å². The SMILES string of the molecule is OC(Cc1nc2ccccc2s1)C1CCC(F)(F)CC1. The highest BCUT2D eigenvalue weighted by Gasteiger charge is 2.37. The molecule has 1 heterocycles. The van der Waals surface area contributed by atoms with E-state index in [1.165, 1.54) is 0 Å². The van der Waals surface area contributed by atoms with Crippen molar-refractivity contribution in [2.75, 3.05) is 0 Å². The average molecular weight is 297 g/mol. The van der Waals surface area contributed by atoms with Gasteiger partial charge in [0.2, 0.25) is 5.92 Å². The van der Waals surface area contributed by atoms with E-state index in [4.69, 9.17) is 0 Å². The van der Waals surface area contributed by atoms with Gasteiger partial charge in [-0.15, -0.1) is 11.3 Å². The predicted molar refractivity (Wildman–Crippen MR) is 76.2 cm³/mol. The van der Waals surface area contributed by atoms with Crippen molar-refractivity contribution in [2.45, 2.75) is 44.1 Å². The average Bonchev–Trinajstić information content (AvgIpc) is 2.80. The Balaban J connectivity index is 1.65. The number of aliphatic hydroxyl groups is 1. The molecule has 0 saturated heterocycles. The number of thiazole rings is 1. The molecule has 0 bridgehead atoms. The van der Waals surface area contributed by atoms with Crippen LogP contribution in [-0.2, 0) is 6.42 Å². The highest BCUT2D eigenvalue weighted by Crippen LogP contribution is 2.38. The molecular weight excluding hydrogens is 280 g/mol. The second-order valence-electron chi connectivity index (χ2n) is 5.54. The lowest BCUT2D eigenvalue weighted by atomic mass is 9.82. The first kappa shape index (κ1) is 13.9. The molecule has 0 radical (unpaired) electrons. The normalized spacial score (nSPS) is 21.1. The minimum absolute atomic E-state index is 0.0263. The monoisotopic (exact) mass is 297 g/mol. The summed E-state index contributed by atoms with van der Waals surface area (Å²) in [5.41, 5.74) is 0.940. The van der Waals surface area contributed by atoms with Crippen molar-refractivity contribution in [3.63, 3.8) is 0 Å². The van der Waals surface area contributed by atoms with Crippen LogP contribution in [0.25, 0.3) is 10.2 Å². The Bertz CT molecular complexity index is 555. The Labute approximate surface area is 120 Å². The number of rotatable bonds is 3. The van der Waals surface area contributed by atoms with Gasteiger partial charge in [0.05, 0.1) is 21.3 Å². The van der Waals surface area contributed by atoms with Gasteiger partial charge in [-0.3, -0.25) is 0 Å². The van der Waals surface area contributed by atoms with Gasteiger partial charge in [-0.2, -0.15) is 0 Å². The molecule has 0 aliphatic heterocycles. The van der Waals surface area contributed by atoms with E-state index in [0.29, 0.717) is 19.3 Å². The van der Waals surface area contributed by atoms with E-state index < -0.39 is 12.0 Å². The lowest BCUT2D eigenvalue weighted by Crippen LogP contribution is -2.32. The van der Waals surface area contributed by atoms with E-state index in [-0.39, 0.29) is 18.8 Å². The maximum atomic E-state index is 13.1. The van der Waals surface area contributed by atoms with Gasteiger partial charge in [0.15, 0.2) is 0 Å². The number of alkyl halides is 2. The van der Waals surface area contributed by atoms with E-state index in [2.05, 4.69) is 4.98 Å². The van der Waals surface area contributed by atoms with Gasteiger partial charge < -0.3 is 5.11 Å². The summed E-state index contributed by atoms with van der Waals surface area (Å²) < 4.78 is 27.3. The van der Waals surface area contributed by atoms with Crippen molar-refractivity contribution in [3.05, 3.63) is 29.3 Å². The van der Waals surface area contributed by atoms with Crippen LogP contribution in [0.4, 0.5) is 8.78 Å².